The Morgan fingerprint density at radius 1 is 1.13 bits per heavy atom. The van der Waals surface area contributed by atoms with Gasteiger partial charge in [-0.2, -0.15) is 8.78 Å². The van der Waals surface area contributed by atoms with Crippen LogP contribution in [0, 0.1) is 0 Å². The van der Waals surface area contributed by atoms with Crippen molar-refractivity contribution in [2.24, 2.45) is 0 Å². The van der Waals surface area contributed by atoms with Gasteiger partial charge in [0.2, 0.25) is 6.10 Å². The number of amides is 1. The molecule has 0 saturated carbocycles. The second-order valence-corrected chi connectivity index (χ2v) is 4.73. The Kier molecular flexibility index (Phi) is 4.27. The van der Waals surface area contributed by atoms with Gasteiger partial charge in [-0.15, -0.1) is 0 Å². The fourth-order valence-corrected chi connectivity index (χ4v) is 2.13. The molecule has 0 saturated heterocycles. The van der Waals surface area contributed by atoms with Crippen LogP contribution in [-0.4, -0.2) is 25.2 Å². The molecule has 0 aliphatic carbocycles. The van der Waals surface area contributed by atoms with Gasteiger partial charge >= 0.3 is 6.61 Å². The second kappa shape index (κ2) is 6.51. The average Bonchev–Trinajstić information content (AvgIpc) is 2.55. The molecule has 0 fully saturated rings. The number of halogens is 2. The van der Waals surface area contributed by atoms with E-state index < -0.39 is 18.6 Å². The Balaban J connectivity index is 1.71. The predicted molar refractivity (Wildman–Crippen MR) is 78.1 cm³/mol. The lowest BCUT2D eigenvalue weighted by Crippen LogP contribution is -2.40. The fraction of sp³-hybridized carbons (Fsp3) is 0.188. The molecule has 3 rings (SSSR count). The van der Waals surface area contributed by atoms with Gasteiger partial charge in [0.05, 0.1) is 5.69 Å². The van der Waals surface area contributed by atoms with Crippen LogP contribution in [0.15, 0.2) is 48.5 Å². The minimum absolute atomic E-state index is 0.0285. The molecule has 2 aromatic rings. The fourth-order valence-electron chi connectivity index (χ4n) is 2.13. The largest absolute Gasteiger partial charge is 0.485 e. The number of fused-ring (bicyclic) bond motifs is 1. The van der Waals surface area contributed by atoms with Crippen molar-refractivity contribution in [3.63, 3.8) is 0 Å². The molecule has 1 aliphatic heterocycles. The maximum atomic E-state index is 12.4. The normalized spacial score (nSPS) is 16.0. The van der Waals surface area contributed by atoms with Gasteiger partial charge in [0.15, 0.2) is 11.5 Å². The van der Waals surface area contributed by atoms with Crippen molar-refractivity contribution >= 4 is 11.6 Å². The van der Waals surface area contributed by atoms with Gasteiger partial charge in [0, 0.05) is 0 Å². The van der Waals surface area contributed by atoms with Crippen molar-refractivity contribution in [2.45, 2.75) is 12.7 Å². The van der Waals surface area contributed by atoms with Crippen molar-refractivity contribution in [2.75, 3.05) is 11.9 Å². The number of carbonyl (C=O) groups excluding carboxylic acids is 1. The Bertz CT molecular complexity index is 708. The maximum Gasteiger partial charge on any atom is 0.387 e. The monoisotopic (exact) mass is 321 g/mol. The van der Waals surface area contributed by atoms with E-state index in [1.54, 1.807) is 30.3 Å². The Hall–Kier alpha value is -2.83. The predicted octanol–water partition coefficient (Wildman–Crippen LogP) is 3.07. The number of alkyl halides is 2. The SMILES string of the molecule is O=C(Nc1ccccc1OC(F)F)[C@@H]1COc2ccccc2O1. The molecule has 120 valence electrons. The van der Waals surface area contributed by atoms with Gasteiger partial charge in [0.1, 0.15) is 12.4 Å². The molecule has 1 atom stereocenters. The van der Waals surface area contributed by atoms with E-state index in [2.05, 4.69) is 10.1 Å². The third-order valence-corrected chi connectivity index (χ3v) is 3.16. The highest BCUT2D eigenvalue weighted by Crippen LogP contribution is 2.32. The molecule has 23 heavy (non-hydrogen) atoms. The topological polar surface area (TPSA) is 56.8 Å². The molecule has 1 aliphatic rings. The molecule has 0 radical (unpaired) electrons. The molecular weight excluding hydrogens is 308 g/mol. The number of nitrogens with one attached hydrogen (secondary N) is 1. The van der Waals surface area contributed by atoms with Crippen LogP contribution in [0.25, 0.3) is 0 Å². The summed E-state index contributed by atoms with van der Waals surface area (Å²) in [5.74, 6) is 0.381. The average molecular weight is 321 g/mol. The quantitative estimate of drug-likeness (QED) is 0.940. The van der Waals surface area contributed by atoms with E-state index in [-0.39, 0.29) is 18.0 Å². The van der Waals surface area contributed by atoms with Crippen molar-refractivity contribution in [1.29, 1.82) is 0 Å². The molecular formula is C16H13F2NO4. The van der Waals surface area contributed by atoms with Crippen LogP contribution in [0.4, 0.5) is 14.5 Å². The summed E-state index contributed by atoms with van der Waals surface area (Å²) in [5.41, 5.74) is 0.139. The number of rotatable bonds is 4. The van der Waals surface area contributed by atoms with Crippen LogP contribution in [0.1, 0.15) is 0 Å². The van der Waals surface area contributed by atoms with Crippen LogP contribution in [0.2, 0.25) is 0 Å². The van der Waals surface area contributed by atoms with Crippen molar-refractivity contribution in [3.8, 4) is 17.2 Å². The maximum absolute atomic E-state index is 12.4. The highest BCUT2D eigenvalue weighted by Gasteiger charge is 2.28. The third kappa shape index (κ3) is 3.50. The first-order valence-corrected chi connectivity index (χ1v) is 6.86. The molecule has 7 heteroatoms. The van der Waals surface area contributed by atoms with Gasteiger partial charge in [0.25, 0.3) is 5.91 Å². The Labute approximate surface area is 130 Å². The van der Waals surface area contributed by atoms with Crippen LogP contribution in [0.5, 0.6) is 17.2 Å². The Morgan fingerprint density at radius 2 is 1.83 bits per heavy atom. The number of carbonyl (C=O) groups is 1. The number of benzene rings is 2. The van der Waals surface area contributed by atoms with E-state index in [4.69, 9.17) is 9.47 Å². The van der Waals surface area contributed by atoms with Crippen molar-refractivity contribution < 1.29 is 27.8 Å². The molecule has 0 unspecified atom stereocenters. The molecule has 2 aromatic carbocycles. The van der Waals surface area contributed by atoms with E-state index in [9.17, 15) is 13.6 Å². The summed E-state index contributed by atoms with van der Waals surface area (Å²) in [6, 6.07) is 12.9. The summed E-state index contributed by atoms with van der Waals surface area (Å²) in [4.78, 5) is 12.3. The van der Waals surface area contributed by atoms with Crippen LogP contribution >= 0.6 is 0 Å². The minimum atomic E-state index is -2.98. The standard InChI is InChI=1S/C16H13F2NO4/c17-16(18)23-11-6-2-1-5-10(11)19-15(20)14-9-21-12-7-3-4-8-13(12)22-14/h1-8,14,16H,9H2,(H,19,20)/t14-/m0/s1. The number of anilines is 1. The first-order valence-electron chi connectivity index (χ1n) is 6.86. The number of hydrogen-bond donors (Lipinski definition) is 1. The van der Waals surface area contributed by atoms with E-state index >= 15 is 0 Å². The molecule has 1 N–H and O–H groups in total. The highest BCUT2D eigenvalue weighted by atomic mass is 19.3. The molecule has 1 heterocycles. The molecule has 0 bridgehead atoms. The van der Waals surface area contributed by atoms with Gasteiger partial charge in [-0.05, 0) is 24.3 Å². The van der Waals surface area contributed by atoms with Gasteiger partial charge < -0.3 is 19.5 Å². The van der Waals surface area contributed by atoms with Gasteiger partial charge in [-0.1, -0.05) is 24.3 Å². The summed E-state index contributed by atoms with van der Waals surface area (Å²) in [6.45, 7) is -2.95. The van der Waals surface area contributed by atoms with E-state index in [0.29, 0.717) is 11.5 Å². The summed E-state index contributed by atoms with van der Waals surface area (Å²) in [7, 11) is 0. The summed E-state index contributed by atoms with van der Waals surface area (Å²) in [6.07, 6.45) is -0.885. The Morgan fingerprint density at radius 3 is 2.61 bits per heavy atom. The molecule has 0 aromatic heterocycles. The summed E-state index contributed by atoms with van der Waals surface area (Å²) in [5, 5.41) is 2.51. The van der Waals surface area contributed by atoms with Crippen LogP contribution in [-0.2, 0) is 4.79 Å². The van der Waals surface area contributed by atoms with E-state index in [1.807, 2.05) is 0 Å². The van der Waals surface area contributed by atoms with Crippen LogP contribution < -0.4 is 19.5 Å². The van der Waals surface area contributed by atoms with Crippen molar-refractivity contribution in [3.05, 3.63) is 48.5 Å². The molecule has 5 nitrogen and oxygen atoms in total. The number of para-hydroxylation sites is 4. The smallest absolute Gasteiger partial charge is 0.387 e. The first-order chi connectivity index (χ1) is 11.1. The first kappa shape index (κ1) is 15.1. The summed E-state index contributed by atoms with van der Waals surface area (Å²) < 4.78 is 40.1. The highest BCUT2D eigenvalue weighted by molar-refractivity contribution is 5.96. The summed E-state index contributed by atoms with van der Waals surface area (Å²) >= 11 is 0. The minimum Gasteiger partial charge on any atom is -0.485 e. The lowest BCUT2D eigenvalue weighted by Gasteiger charge is -2.25. The zero-order valence-corrected chi connectivity index (χ0v) is 11.9. The van der Waals surface area contributed by atoms with Gasteiger partial charge in [-0.25, -0.2) is 0 Å². The number of hydrogen-bond acceptors (Lipinski definition) is 4. The third-order valence-electron chi connectivity index (χ3n) is 3.16. The zero-order valence-electron chi connectivity index (χ0n) is 11.9. The van der Waals surface area contributed by atoms with Gasteiger partial charge in [-0.3, -0.25) is 4.79 Å². The molecule has 1 amide bonds. The van der Waals surface area contributed by atoms with E-state index in [1.165, 1.54) is 18.2 Å². The lowest BCUT2D eigenvalue weighted by molar-refractivity contribution is -0.125. The van der Waals surface area contributed by atoms with E-state index in [0.717, 1.165) is 0 Å². The number of ether oxygens (including phenoxy) is 3. The lowest BCUT2D eigenvalue weighted by atomic mass is 10.2. The molecule has 0 spiro atoms. The van der Waals surface area contributed by atoms with Crippen LogP contribution in [0.3, 0.4) is 0 Å². The van der Waals surface area contributed by atoms with Crippen molar-refractivity contribution in [1.82, 2.24) is 0 Å². The second-order valence-electron chi connectivity index (χ2n) is 4.73. The zero-order chi connectivity index (χ0) is 16.2.